The van der Waals surface area contributed by atoms with E-state index < -0.39 is 0 Å². The number of benzene rings is 1. The monoisotopic (exact) mass is 258 g/mol. The van der Waals surface area contributed by atoms with Crippen LogP contribution in [0, 0.1) is 0 Å². The molecule has 2 aromatic rings. The minimum Gasteiger partial charge on any atom is -0.489 e. The Labute approximate surface area is 111 Å². The summed E-state index contributed by atoms with van der Waals surface area (Å²) in [7, 11) is 1.82. The number of anilines is 1. The molecular weight excluding hydrogens is 244 g/mol. The molecule has 0 atom stereocenters. The van der Waals surface area contributed by atoms with Crippen LogP contribution in [-0.4, -0.2) is 18.8 Å². The number of pyridine rings is 1. The number of nitrogens with zero attached hydrogens (tertiary/aromatic N) is 1. The van der Waals surface area contributed by atoms with Crippen LogP contribution in [0.3, 0.4) is 0 Å². The largest absolute Gasteiger partial charge is 0.489 e. The van der Waals surface area contributed by atoms with Gasteiger partial charge in [0.05, 0.1) is 0 Å². The minimum atomic E-state index is 0.287. The summed E-state index contributed by atoms with van der Waals surface area (Å²) < 4.78 is 16.3. The molecule has 19 heavy (non-hydrogen) atoms. The third-order valence-corrected chi connectivity index (χ3v) is 2.83. The van der Waals surface area contributed by atoms with Crippen molar-refractivity contribution in [3.05, 3.63) is 42.1 Å². The van der Waals surface area contributed by atoms with Gasteiger partial charge >= 0.3 is 0 Å². The number of hydrogen-bond donors (Lipinski definition) is 1. The Morgan fingerprint density at radius 3 is 3.00 bits per heavy atom. The van der Waals surface area contributed by atoms with Gasteiger partial charge in [-0.2, -0.15) is 0 Å². The molecule has 5 nitrogen and oxygen atoms in total. The van der Waals surface area contributed by atoms with Crippen molar-refractivity contribution in [3.8, 4) is 17.2 Å². The zero-order valence-corrected chi connectivity index (χ0v) is 10.6. The lowest BCUT2D eigenvalue weighted by molar-refractivity contribution is 0.174. The first-order chi connectivity index (χ1) is 9.35. The molecule has 0 saturated carbocycles. The van der Waals surface area contributed by atoms with Crippen molar-refractivity contribution in [2.24, 2.45) is 0 Å². The van der Waals surface area contributed by atoms with Crippen molar-refractivity contribution in [2.75, 3.05) is 19.2 Å². The molecule has 0 radical (unpaired) electrons. The minimum absolute atomic E-state index is 0.287. The van der Waals surface area contributed by atoms with Gasteiger partial charge in [-0.1, -0.05) is 6.07 Å². The topological polar surface area (TPSA) is 52.6 Å². The highest BCUT2D eigenvalue weighted by molar-refractivity contribution is 5.44. The second kappa shape index (κ2) is 5.06. The lowest BCUT2D eigenvalue weighted by Crippen LogP contribution is -1.97. The van der Waals surface area contributed by atoms with Gasteiger partial charge in [0.1, 0.15) is 18.2 Å². The summed E-state index contributed by atoms with van der Waals surface area (Å²) >= 11 is 0. The average Bonchev–Trinajstić information content (AvgIpc) is 2.93. The van der Waals surface area contributed by atoms with Crippen molar-refractivity contribution in [2.45, 2.75) is 6.61 Å². The SMILES string of the molecule is CNc1cc(OCc2ccc3c(c2)OCO3)ccn1. The number of hydrogen-bond acceptors (Lipinski definition) is 5. The zero-order valence-electron chi connectivity index (χ0n) is 10.6. The lowest BCUT2D eigenvalue weighted by Gasteiger charge is -2.08. The van der Waals surface area contributed by atoms with E-state index in [9.17, 15) is 0 Å². The fourth-order valence-electron chi connectivity index (χ4n) is 1.84. The van der Waals surface area contributed by atoms with Gasteiger partial charge in [0.15, 0.2) is 11.5 Å². The van der Waals surface area contributed by atoms with Crippen LogP contribution < -0.4 is 19.5 Å². The first kappa shape index (κ1) is 11.6. The Hall–Kier alpha value is -2.43. The molecule has 0 aliphatic carbocycles. The van der Waals surface area contributed by atoms with E-state index in [2.05, 4.69) is 10.3 Å². The van der Waals surface area contributed by atoms with Crippen LogP contribution in [0.1, 0.15) is 5.56 Å². The summed E-state index contributed by atoms with van der Waals surface area (Å²) in [5, 5.41) is 2.97. The third kappa shape index (κ3) is 2.54. The van der Waals surface area contributed by atoms with Gasteiger partial charge < -0.3 is 19.5 Å². The molecule has 0 unspecified atom stereocenters. The maximum atomic E-state index is 5.72. The molecule has 1 aliphatic rings. The van der Waals surface area contributed by atoms with Crippen molar-refractivity contribution in [1.29, 1.82) is 0 Å². The fraction of sp³-hybridized carbons (Fsp3) is 0.214. The predicted octanol–water partition coefficient (Wildman–Crippen LogP) is 2.43. The molecule has 0 fully saturated rings. The van der Waals surface area contributed by atoms with Crippen molar-refractivity contribution in [1.82, 2.24) is 4.98 Å². The fourth-order valence-corrected chi connectivity index (χ4v) is 1.84. The van der Waals surface area contributed by atoms with Crippen LogP contribution in [0.15, 0.2) is 36.5 Å². The van der Waals surface area contributed by atoms with E-state index in [4.69, 9.17) is 14.2 Å². The molecule has 0 bridgehead atoms. The number of fused-ring (bicyclic) bond motifs is 1. The first-order valence-corrected chi connectivity index (χ1v) is 6.00. The maximum Gasteiger partial charge on any atom is 0.231 e. The molecular formula is C14H14N2O3. The van der Waals surface area contributed by atoms with Crippen LogP contribution >= 0.6 is 0 Å². The Kier molecular flexibility index (Phi) is 3.10. The lowest BCUT2D eigenvalue weighted by atomic mass is 10.2. The van der Waals surface area contributed by atoms with E-state index in [-0.39, 0.29) is 6.79 Å². The second-order valence-corrected chi connectivity index (χ2v) is 4.10. The van der Waals surface area contributed by atoms with Crippen molar-refractivity contribution in [3.63, 3.8) is 0 Å². The molecule has 1 aliphatic heterocycles. The normalized spacial score (nSPS) is 12.3. The van der Waals surface area contributed by atoms with E-state index in [1.165, 1.54) is 0 Å². The van der Waals surface area contributed by atoms with Gasteiger partial charge in [-0.15, -0.1) is 0 Å². The summed E-state index contributed by atoms with van der Waals surface area (Å²) in [5.74, 6) is 3.11. The predicted molar refractivity (Wildman–Crippen MR) is 70.7 cm³/mol. The molecule has 0 amide bonds. The summed E-state index contributed by atoms with van der Waals surface area (Å²) in [4.78, 5) is 4.13. The summed E-state index contributed by atoms with van der Waals surface area (Å²) in [6, 6.07) is 9.48. The van der Waals surface area contributed by atoms with Crippen LogP contribution in [0.4, 0.5) is 5.82 Å². The van der Waals surface area contributed by atoms with Gasteiger partial charge in [0.25, 0.3) is 0 Å². The van der Waals surface area contributed by atoms with Crippen molar-refractivity contribution >= 4 is 5.82 Å². The van der Waals surface area contributed by atoms with Crippen LogP contribution in [0.2, 0.25) is 0 Å². The summed E-state index contributed by atoms with van der Waals surface area (Å²) in [6.07, 6.45) is 1.71. The third-order valence-electron chi connectivity index (χ3n) is 2.83. The highest BCUT2D eigenvalue weighted by Gasteiger charge is 2.13. The maximum absolute atomic E-state index is 5.72. The standard InChI is InChI=1S/C14H14N2O3/c1-15-14-7-11(4-5-16-14)17-8-10-2-3-12-13(6-10)19-9-18-12/h2-7H,8-9H2,1H3,(H,15,16). The molecule has 98 valence electrons. The van der Waals surface area contributed by atoms with E-state index in [0.717, 1.165) is 28.6 Å². The second-order valence-electron chi connectivity index (χ2n) is 4.10. The van der Waals surface area contributed by atoms with E-state index in [1.54, 1.807) is 6.20 Å². The average molecular weight is 258 g/mol. The Balaban J connectivity index is 1.68. The highest BCUT2D eigenvalue weighted by atomic mass is 16.7. The molecule has 3 rings (SSSR count). The molecule has 1 aromatic carbocycles. The molecule has 2 heterocycles. The van der Waals surface area contributed by atoms with Gasteiger partial charge in [-0.25, -0.2) is 4.98 Å². The van der Waals surface area contributed by atoms with Gasteiger partial charge in [0, 0.05) is 19.3 Å². The number of nitrogens with one attached hydrogen (secondary N) is 1. The molecule has 1 aromatic heterocycles. The van der Waals surface area contributed by atoms with Crippen LogP contribution in [0.25, 0.3) is 0 Å². The van der Waals surface area contributed by atoms with E-state index in [1.807, 2.05) is 37.4 Å². The van der Waals surface area contributed by atoms with Gasteiger partial charge in [-0.3, -0.25) is 0 Å². The van der Waals surface area contributed by atoms with E-state index >= 15 is 0 Å². The van der Waals surface area contributed by atoms with Gasteiger partial charge in [0.2, 0.25) is 6.79 Å². The quantitative estimate of drug-likeness (QED) is 0.912. The molecule has 0 spiro atoms. The Morgan fingerprint density at radius 1 is 1.21 bits per heavy atom. The number of aromatic nitrogens is 1. The summed E-state index contributed by atoms with van der Waals surface area (Å²) in [6.45, 7) is 0.763. The van der Waals surface area contributed by atoms with Gasteiger partial charge in [-0.05, 0) is 23.8 Å². The molecule has 0 saturated heterocycles. The Morgan fingerprint density at radius 2 is 2.11 bits per heavy atom. The summed E-state index contributed by atoms with van der Waals surface area (Å²) in [5.41, 5.74) is 1.03. The van der Waals surface area contributed by atoms with Crippen molar-refractivity contribution < 1.29 is 14.2 Å². The highest BCUT2D eigenvalue weighted by Crippen LogP contribution is 2.32. The van der Waals surface area contributed by atoms with Crippen LogP contribution in [0.5, 0.6) is 17.2 Å². The molecule has 5 heteroatoms. The number of ether oxygens (including phenoxy) is 3. The molecule has 1 N–H and O–H groups in total. The van der Waals surface area contributed by atoms with Crippen LogP contribution in [-0.2, 0) is 6.61 Å². The number of rotatable bonds is 4. The zero-order chi connectivity index (χ0) is 13.1. The van der Waals surface area contributed by atoms with E-state index in [0.29, 0.717) is 6.61 Å². The first-order valence-electron chi connectivity index (χ1n) is 6.00. The smallest absolute Gasteiger partial charge is 0.231 e. The Bertz CT molecular complexity index is 587.